The fraction of sp³-hybridized carbons (Fsp3) is 0. The van der Waals surface area contributed by atoms with E-state index in [0.29, 0.717) is 11.1 Å². The van der Waals surface area contributed by atoms with Crippen LogP contribution in [0.4, 0.5) is 0 Å². The highest BCUT2D eigenvalue weighted by atomic mass is 15.0. The Kier molecular flexibility index (Phi) is 6.22. The van der Waals surface area contributed by atoms with E-state index in [-0.39, 0.29) is 0 Å². The van der Waals surface area contributed by atoms with Gasteiger partial charge in [0.25, 0.3) is 0 Å². The average Bonchev–Trinajstić information content (AvgIpc) is 3.67. The third-order valence-corrected chi connectivity index (χ3v) is 9.34. The van der Waals surface area contributed by atoms with Gasteiger partial charge in [-0.3, -0.25) is 0 Å². The molecule has 222 valence electrons. The summed E-state index contributed by atoms with van der Waals surface area (Å²) in [5.74, 6) is 0. The Morgan fingerprint density at radius 1 is 0.375 bits per heavy atom. The predicted octanol–water partition coefficient (Wildman–Crippen LogP) is 11.0. The van der Waals surface area contributed by atoms with Crippen molar-refractivity contribution >= 4 is 43.6 Å². The van der Waals surface area contributed by atoms with Crippen LogP contribution in [0.5, 0.6) is 0 Å². The molecule has 0 saturated heterocycles. The van der Waals surface area contributed by atoms with E-state index in [9.17, 15) is 10.5 Å². The van der Waals surface area contributed by atoms with E-state index in [0.717, 1.165) is 66.5 Å². The predicted molar refractivity (Wildman–Crippen MR) is 195 cm³/mol. The molecule has 9 rings (SSSR count). The van der Waals surface area contributed by atoms with Crippen molar-refractivity contribution in [2.45, 2.75) is 0 Å². The second-order valence-corrected chi connectivity index (χ2v) is 12.0. The van der Waals surface area contributed by atoms with E-state index in [1.54, 1.807) is 0 Å². The van der Waals surface area contributed by atoms with Crippen molar-refractivity contribution < 1.29 is 0 Å². The Bertz CT molecular complexity index is 2760. The maximum Gasteiger partial charge on any atom is 0.0992 e. The first kappa shape index (κ1) is 27.4. The van der Waals surface area contributed by atoms with E-state index < -0.39 is 0 Å². The molecule has 0 spiro atoms. The number of para-hydroxylation sites is 4. The van der Waals surface area contributed by atoms with Gasteiger partial charge in [0.2, 0.25) is 0 Å². The lowest BCUT2D eigenvalue weighted by atomic mass is 9.96. The minimum Gasteiger partial charge on any atom is -0.309 e. The minimum atomic E-state index is 0.605. The molecular weight excluding hydrogens is 585 g/mol. The van der Waals surface area contributed by atoms with Crippen molar-refractivity contribution in [1.82, 2.24) is 9.13 Å². The number of fused-ring (bicyclic) bond motifs is 6. The molecule has 0 aliphatic heterocycles. The topological polar surface area (TPSA) is 57.4 Å². The number of benzene rings is 7. The summed E-state index contributed by atoms with van der Waals surface area (Å²) in [6, 6.07) is 59.0. The maximum absolute atomic E-state index is 10.2. The fourth-order valence-electron chi connectivity index (χ4n) is 7.25. The quantitative estimate of drug-likeness (QED) is 0.199. The second kappa shape index (κ2) is 10.9. The highest BCUT2D eigenvalue weighted by Gasteiger charge is 2.17. The molecule has 2 heterocycles. The summed E-state index contributed by atoms with van der Waals surface area (Å²) in [7, 11) is 0. The monoisotopic (exact) mass is 610 g/mol. The largest absolute Gasteiger partial charge is 0.309 e. The van der Waals surface area contributed by atoms with E-state index >= 15 is 0 Å². The Morgan fingerprint density at radius 3 is 1.65 bits per heavy atom. The zero-order valence-corrected chi connectivity index (χ0v) is 25.8. The molecule has 4 heteroatoms. The van der Waals surface area contributed by atoms with Crippen LogP contribution in [0.1, 0.15) is 11.1 Å². The van der Waals surface area contributed by atoms with Gasteiger partial charge in [-0.05, 0) is 77.4 Å². The van der Waals surface area contributed by atoms with Crippen LogP contribution in [0.2, 0.25) is 0 Å². The van der Waals surface area contributed by atoms with Crippen LogP contribution in [0.15, 0.2) is 158 Å². The molecule has 0 unspecified atom stereocenters. The first-order chi connectivity index (χ1) is 23.7. The van der Waals surface area contributed by atoms with Crippen molar-refractivity contribution in [3.63, 3.8) is 0 Å². The molecule has 0 fully saturated rings. The Hall–Kier alpha value is -6.88. The standard InChI is InChI=1S/C44H26N4/c45-27-29-20-21-39-38-15-4-8-19-43(38)48(44(39)24-29)40-16-5-1-12-35(40)32-11-9-10-31(25-32)33-22-30(28-46)23-34(26-33)47-41-17-6-2-13-36(41)37-14-3-7-18-42(37)47/h1-26H. The van der Waals surface area contributed by atoms with E-state index in [4.69, 9.17) is 0 Å². The lowest BCUT2D eigenvalue weighted by Crippen LogP contribution is -1.98. The van der Waals surface area contributed by atoms with Gasteiger partial charge in [-0.1, -0.05) is 97.1 Å². The van der Waals surface area contributed by atoms with E-state index in [1.807, 2.05) is 30.3 Å². The van der Waals surface area contributed by atoms with Gasteiger partial charge in [-0.2, -0.15) is 10.5 Å². The third-order valence-electron chi connectivity index (χ3n) is 9.34. The first-order valence-electron chi connectivity index (χ1n) is 15.9. The number of hydrogen-bond donors (Lipinski definition) is 0. The van der Waals surface area contributed by atoms with Gasteiger partial charge >= 0.3 is 0 Å². The Labute approximate surface area is 277 Å². The van der Waals surface area contributed by atoms with Gasteiger partial charge in [0.05, 0.1) is 51.0 Å². The highest BCUT2D eigenvalue weighted by molar-refractivity contribution is 6.11. The highest BCUT2D eigenvalue weighted by Crippen LogP contribution is 2.38. The van der Waals surface area contributed by atoms with Gasteiger partial charge in [-0.25, -0.2) is 0 Å². The molecule has 48 heavy (non-hydrogen) atoms. The van der Waals surface area contributed by atoms with Crippen LogP contribution in [-0.4, -0.2) is 9.13 Å². The molecule has 9 aromatic rings. The summed E-state index contributed by atoms with van der Waals surface area (Å²) < 4.78 is 4.52. The van der Waals surface area contributed by atoms with Gasteiger partial charge in [0, 0.05) is 32.8 Å². The molecule has 2 aromatic heterocycles. The van der Waals surface area contributed by atoms with Crippen LogP contribution >= 0.6 is 0 Å². The van der Waals surface area contributed by atoms with E-state index in [2.05, 4.69) is 149 Å². The summed E-state index contributed by atoms with van der Waals surface area (Å²) in [5, 5.41) is 24.5. The first-order valence-corrected chi connectivity index (χ1v) is 15.9. The lowest BCUT2D eigenvalue weighted by molar-refractivity contribution is 1.18. The number of hydrogen-bond acceptors (Lipinski definition) is 2. The summed E-state index contributed by atoms with van der Waals surface area (Å²) >= 11 is 0. The average molecular weight is 611 g/mol. The summed E-state index contributed by atoms with van der Waals surface area (Å²) in [6.45, 7) is 0. The molecule has 7 aromatic carbocycles. The van der Waals surface area contributed by atoms with Crippen molar-refractivity contribution in [2.75, 3.05) is 0 Å². The van der Waals surface area contributed by atoms with Gasteiger partial charge < -0.3 is 9.13 Å². The summed E-state index contributed by atoms with van der Waals surface area (Å²) in [5.41, 5.74) is 11.6. The van der Waals surface area contributed by atoms with Gasteiger partial charge in [0.15, 0.2) is 0 Å². The maximum atomic E-state index is 10.2. The molecule has 0 aliphatic carbocycles. The zero-order chi connectivity index (χ0) is 32.2. The molecule has 0 saturated carbocycles. The number of aromatic nitrogens is 2. The molecule has 4 nitrogen and oxygen atoms in total. The normalized spacial score (nSPS) is 11.3. The van der Waals surface area contributed by atoms with Gasteiger partial charge in [-0.15, -0.1) is 0 Å². The molecule has 0 amide bonds. The van der Waals surface area contributed by atoms with Crippen molar-refractivity contribution in [3.05, 3.63) is 169 Å². The Morgan fingerprint density at radius 2 is 0.958 bits per heavy atom. The Balaban J connectivity index is 1.23. The van der Waals surface area contributed by atoms with Crippen molar-refractivity contribution in [1.29, 1.82) is 10.5 Å². The minimum absolute atomic E-state index is 0.605. The smallest absolute Gasteiger partial charge is 0.0992 e. The van der Waals surface area contributed by atoms with Crippen molar-refractivity contribution in [3.8, 4) is 45.8 Å². The molecule has 0 radical (unpaired) electrons. The molecule has 0 aliphatic rings. The number of nitrogens with zero attached hydrogens (tertiary/aromatic N) is 4. The van der Waals surface area contributed by atoms with Gasteiger partial charge in [0.1, 0.15) is 0 Å². The third kappa shape index (κ3) is 4.22. The SMILES string of the molecule is N#Cc1cc(-c2cccc(-c3ccccc3-n3c4ccccc4c4ccc(C#N)cc43)c2)cc(-n2c3ccccc3c3ccccc32)c1. The summed E-state index contributed by atoms with van der Waals surface area (Å²) in [4.78, 5) is 0. The summed E-state index contributed by atoms with van der Waals surface area (Å²) in [6.07, 6.45) is 0. The van der Waals surface area contributed by atoms with Crippen LogP contribution in [0, 0.1) is 22.7 Å². The lowest BCUT2D eigenvalue weighted by Gasteiger charge is -2.15. The van der Waals surface area contributed by atoms with Crippen LogP contribution in [-0.2, 0) is 0 Å². The molecular formula is C44H26N4. The number of rotatable bonds is 4. The van der Waals surface area contributed by atoms with Crippen LogP contribution in [0.25, 0.3) is 77.2 Å². The molecule has 0 atom stereocenters. The van der Waals surface area contributed by atoms with Crippen LogP contribution < -0.4 is 0 Å². The van der Waals surface area contributed by atoms with Crippen LogP contribution in [0.3, 0.4) is 0 Å². The number of nitriles is 2. The van der Waals surface area contributed by atoms with Crippen molar-refractivity contribution in [2.24, 2.45) is 0 Å². The van der Waals surface area contributed by atoms with E-state index in [1.165, 1.54) is 10.8 Å². The fourth-order valence-corrected chi connectivity index (χ4v) is 7.25. The molecule has 0 bridgehead atoms. The second-order valence-electron chi connectivity index (χ2n) is 12.0. The molecule has 0 N–H and O–H groups in total. The zero-order valence-electron chi connectivity index (χ0n) is 25.8.